The highest BCUT2D eigenvalue weighted by Crippen LogP contribution is 2.21. The molecule has 1 aliphatic heterocycles. The molecule has 0 aromatic carbocycles. The summed E-state index contributed by atoms with van der Waals surface area (Å²) in [7, 11) is 1.87. The summed E-state index contributed by atoms with van der Waals surface area (Å²) in [6.07, 6.45) is 2.26. The summed E-state index contributed by atoms with van der Waals surface area (Å²) in [5.74, 6) is 0.00690. The van der Waals surface area contributed by atoms with Crippen LogP contribution in [0.1, 0.15) is 39.3 Å². The number of piperidine rings is 1. The third-order valence-corrected chi connectivity index (χ3v) is 4.84. The maximum absolute atomic E-state index is 12.4. The molecule has 0 saturated carbocycles. The number of anilines is 1. The number of rotatable bonds is 4. The molecule has 1 aromatic rings. The van der Waals surface area contributed by atoms with Gasteiger partial charge in [-0.25, -0.2) is 4.98 Å². The molecule has 2 N–H and O–H groups in total. The van der Waals surface area contributed by atoms with Crippen LogP contribution in [0.15, 0.2) is 5.38 Å². The standard InChI is InChI=1S/C16H26N4O2S.2ClH/c1-16(2,3)14(22)19-15-18-11(10-23-15)9-13(21)20(4)12-5-7-17-8-6-12;;/h10,12,17H,5-9H2,1-4H3,(H,18,19,22);2*1H. The summed E-state index contributed by atoms with van der Waals surface area (Å²) in [6.45, 7) is 7.49. The summed E-state index contributed by atoms with van der Waals surface area (Å²) >= 11 is 1.36. The Kier molecular flexibility index (Phi) is 9.94. The largest absolute Gasteiger partial charge is 0.342 e. The molecule has 1 aliphatic rings. The highest BCUT2D eigenvalue weighted by Gasteiger charge is 2.24. The molecule has 2 amide bonds. The van der Waals surface area contributed by atoms with E-state index in [4.69, 9.17) is 0 Å². The van der Waals surface area contributed by atoms with Crippen molar-refractivity contribution in [2.75, 3.05) is 25.5 Å². The van der Waals surface area contributed by atoms with E-state index in [0.717, 1.165) is 25.9 Å². The topological polar surface area (TPSA) is 74.3 Å². The third-order valence-electron chi connectivity index (χ3n) is 4.04. The van der Waals surface area contributed by atoms with Crippen molar-refractivity contribution in [3.05, 3.63) is 11.1 Å². The van der Waals surface area contributed by atoms with Crippen LogP contribution in [0.25, 0.3) is 0 Å². The molecule has 1 fully saturated rings. The average Bonchev–Trinajstić information content (AvgIpc) is 2.93. The molecule has 6 nitrogen and oxygen atoms in total. The molecule has 0 radical (unpaired) electrons. The van der Waals surface area contributed by atoms with Crippen molar-refractivity contribution in [3.8, 4) is 0 Å². The van der Waals surface area contributed by atoms with Crippen LogP contribution in [0.2, 0.25) is 0 Å². The van der Waals surface area contributed by atoms with Gasteiger partial charge in [-0.1, -0.05) is 20.8 Å². The van der Waals surface area contributed by atoms with Crippen LogP contribution in [0.5, 0.6) is 0 Å². The quantitative estimate of drug-likeness (QED) is 0.799. The first-order valence-corrected chi connectivity index (χ1v) is 8.87. The Morgan fingerprint density at radius 1 is 1.32 bits per heavy atom. The molecule has 144 valence electrons. The Labute approximate surface area is 166 Å². The minimum Gasteiger partial charge on any atom is -0.342 e. The number of likely N-dealkylation sites (N-methyl/N-ethyl adjacent to an activating group) is 1. The molecule has 2 rings (SSSR count). The number of nitrogens with zero attached hydrogens (tertiary/aromatic N) is 2. The van der Waals surface area contributed by atoms with Gasteiger partial charge in [0.25, 0.3) is 0 Å². The normalized spacial score (nSPS) is 14.9. The second kappa shape index (κ2) is 10.3. The first kappa shape index (κ1) is 24.1. The molecule has 0 atom stereocenters. The summed E-state index contributed by atoms with van der Waals surface area (Å²) in [4.78, 5) is 30.5. The number of carbonyl (C=O) groups excluding carboxylic acids is 2. The molecule has 0 spiro atoms. The summed E-state index contributed by atoms with van der Waals surface area (Å²) in [5, 5.41) is 8.50. The Morgan fingerprint density at radius 2 is 1.92 bits per heavy atom. The predicted molar refractivity (Wildman–Crippen MR) is 107 cm³/mol. The molecule has 2 heterocycles. The zero-order valence-corrected chi connectivity index (χ0v) is 17.6. The molecular formula is C16H28Cl2N4O2S. The Balaban J connectivity index is 0.00000288. The number of aromatic nitrogens is 1. The molecule has 1 aromatic heterocycles. The van der Waals surface area contributed by atoms with Gasteiger partial charge in [-0.2, -0.15) is 0 Å². The number of amides is 2. The molecular weight excluding hydrogens is 383 g/mol. The third kappa shape index (κ3) is 7.09. The monoisotopic (exact) mass is 410 g/mol. The van der Waals surface area contributed by atoms with E-state index < -0.39 is 5.41 Å². The van der Waals surface area contributed by atoms with Crippen LogP contribution >= 0.6 is 36.2 Å². The molecule has 1 saturated heterocycles. The van der Waals surface area contributed by atoms with E-state index in [1.807, 2.05) is 38.1 Å². The van der Waals surface area contributed by atoms with Crippen molar-refractivity contribution < 1.29 is 9.59 Å². The summed E-state index contributed by atoms with van der Waals surface area (Å²) in [6, 6.07) is 0.308. The number of hydrogen-bond donors (Lipinski definition) is 2. The van der Waals surface area contributed by atoms with Gasteiger partial charge in [0.15, 0.2) is 5.13 Å². The first-order valence-electron chi connectivity index (χ1n) is 7.99. The fraction of sp³-hybridized carbons (Fsp3) is 0.688. The van der Waals surface area contributed by atoms with E-state index in [-0.39, 0.29) is 43.0 Å². The van der Waals surface area contributed by atoms with Gasteiger partial charge < -0.3 is 15.5 Å². The fourth-order valence-electron chi connectivity index (χ4n) is 2.41. The Bertz CT molecular complexity index is 569. The van der Waals surface area contributed by atoms with Gasteiger partial charge in [0.2, 0.25) is 11.8 Å². The van der Waals surface area contributed by atoms with Gasteiger partial charge in [0.05, 0.1) is 12.1 Å². The van der Waals surface area contributed by atoms with Gasteiger partial charge >= 0.3 is 0 Å². The van der Waals surface area contributed by atoms with Gasteiger partial charge in [-0.05, 0) is 25.9 Å². The van der Waals surface area contributed by atoms with E-state index in [9.17, 15) is 9.59 Å². The van der Waals surface area contributed by atoms with E-state index in [2.05, 4.69) is 15.6 Å². The van der Waals surface area contributed by atoms with Gasteiger partial charge in [-0.3, -0.25) is 9.59 Å². The van der Waals surface area contributed by atoms with Crippen LogP contribution in [-0.4, -0.2) is 47.9 Å². The molecule has 9 heteroatoms. The minimum atomic E-state index is -0.461. The van der Waals surface area contributed by atoms with E-state index >= 15 is 0 Å². The van der Waals surface area contributed by atoms with Crippen molar-refractivity contribution >= 4 is 53.1 Å². The Hall–Kier alpha value is -0.890. The van der Waals surface area contributed by atoms with Crippen LogP contribution in [-0.2, 0) is 16.0 Å². The zero-order chi connectivity index (χ0) is 17.0. The van der Waals surface area contributed by atoms with E-state index in [0.29, 0.717) is 16.9 Å². The first-order chi connectivity index (χ1) is 10.8. The van der Waals surface area contributed by atoms with Crippen molar-refractivity contribution in [2.45, 2.75) is 46.1 Å². The van der Waals surface area contributed by atoms with Crippen molar-refractivity contribution in [3.63, 3.8) is 0 Å². The predicted octanol–water partition coefficient (Wildman–Crippen LogP) is 2.72. The number of halogens is 2. The van der Waals surface area contributed by atoms with Gasteiger partial charge in [0, 0.05) is 23.9 Å². The van der Waals surface area contributed by atoms with Crippen molar-refractivity contribution in [2.24, 2.45) is 5.41 Å². The summed E-state index contributed by atoms with van der Waals surface area (Å²) < 4.78 is 0. The maximum atomic E-state index is 12.4. The highest BCUT2D eigenvalue weighted by molar-refractivity contribution is 7.13. The number of thiazole rings is 1. The molecule has 0 bridgehead atoms. The van der Waals surface area contributed by atoms with Crippen LogP contribution in [0, 0.1) is 5.41 Å². The van der Waals surface area contributed by atoms with Crippen LogP contribution in [0.3, 0.4) is 0 Å². The minimum absolute atomic E-state index is 0. The lowest BCUT2D eigenvalue weighted by molar-refractivity contribution is -0.131. The van der Waals surface area contributed by atoms with Crippen molar-refractivity contribution in [1.29, 1.82) is 0 Å². The zero-order valence-electron chi connectivity index (χ0n) is 15.1. The fourth-order valence-corrected chi connectivity index (χ4v) is 3.11. The second-order valence-corrected chi connectivity index (χ2v) is 7.87. The lowest BCUT2D eigenvalue weighted by Gasteiger charge is -2.31. The molecule has 25 heavy (non-hydrogen) atoms. The van der Waals surface area contributed by atoms with E-state index in [1.54, 1.807) is 0 Å². The SMILES string of the molecule is CN(C(=O)Cc1csc(NC(=O)C(C)(C)C)n1)C1CCNCC1.Cl.Cl. The number of hydrogen-bond acceptors (Lipinski definition) is 5. The highest BCUT2D eigenvalue weighted by atomic mass is 35.5. The van der Waals surface area contributed by atoms with Crippen LogP contribution in [0.4, 0.5) is 5.13 Å². The lowest BCUT2D eigenvalue weighted by Crippen LogP contribution is -2.44. The lowest BCUT2D eigenvalue weighted by atomic mass is 9.96. The van der Waals surface area contributed by atoms with Gasteiger partial charge in [0.1, 0.15) is 0 Å². The smallest absolute Gasteiger partial charge is 0.231 e. The number of nitrogens with one attached hydrogen (secondary N) is 2. The van der Waals surface area contributed by atoms with E-state index in [1.165, 1.54) is 11.3 Å². The number of carbonyl (C=O) groups is 2. The van der Waals surface area contributed by atoms with Crippen molar-refractivity contribution in [1.82, 2.24) is 15.2 Å². The second-order valence-electron chi connectivity index (χ2n) is 7.01. The van der Waals surface area contributed by atoms with Crippen LogP contribution < -0.4 is 10.6 Å². The maximum Gasteiger partial charge on any atom is 0.231 e. The molecule has 0 unspecified atom stereocenters. The Morgan fingerprint density at radius 3 is 2.48 bits per heavy atom. The van der Waals surface area contributed by atoms with Gasteiger partial charge in [-0.15, -0.1) is 36.2 Å². The molecule has 0 aliphatic carbocycles. The average molecular weight is 411 g/mol. The summed E-state index contributed by atoms with van der Waals surface area (Å²) in [5.41, 5.74) is 0.252.